The summed E-state index contributed by atoms with van der Waals surface area (Å²) in [7, 11) is 0. The number of hydrogen-bond donors (Lipinski definition) is 1. The fourth-order valence-electron chi connectivity index (χ4n) is 1.77. The van der Waals surface area contributed by atoms with E-state index in [-0.39, 0.29) is 0 Å². The normalized spacial score (nSPS) is 10.7. The first-order valence-corrected chi connectivity index (χ1v) is 9.47. The third kappa shape index (κ3) is 6.52. The van der Waals surface area contributed by atoms with Crippen molar-refractivity contribution in [2.24, 2.45) is 0 Å². The van der Waals surface area contributed by atoms with Crippen LogP contribution in [0.5, 0.6) is 5.75 Å². The Kier molecular flexibility index (Phi) is 9.20. The zero-order chi connectivity index (χ0) is 14.1. The van der Waals surface area contributed by atoms with Gasteiger partial charge in [-0.1, -0.05) is 15.9 Å². The van der Waals surface area contributed by atoms with Crippen molar-refractivity contribution in [1.82, 2.24) is 5.32 Å². The number of unbranched alkanes of at least 4 members (excludes halogenated alkanes) is 1. The van der Waals surface area contributed by atoms with E-state index in [1.807, 2.05) is 24.8 Å². The molecule has 0 aliphatic carbocycles. The maximum Gasteiger partial charge on any atom is 0.138 e. The summed E-state index contributed by atoms with van der Waals surface area (Å²) < 4.78 is 7.78. The second kappa shape index (κ2) is 10.1. The zero-order valence-electron chi connectivity index (χ0n) is 11.5. The summed E-state index contributed by atoms with van der Waals surface area (Å²) >= 11 is 8.99. The lowest BCUT2D eigenvalue weighted by atomic mass is 10.2. The molecule has 1 aromatic rings. The van der Waals surface area contributed by atoms with Crippen LogP contribution in [0, 0.1) is 0 Å². The molecule has 0 radical (unpaired) electrons. The van der Waals surface area contributed by atoms with Crippen LogP contribution in [-0.2, 0) is 6.54 Å². The Hall–Kier alpha value is 0.290. The Morgan fingerprint density at radius 3 is 2.74 bits per heavy atom. The first-order valence-electron chi connectivity index (χ1n) is 6.49. The van der Waals surface area contributed by atoms with Crippen LogP contribution in [0.3, 0.4) is 0 Å². The molecule has 1 N–H and O–H groups in total. The smallest absolute Gasteiger partial charge is 0.138 e. The van der Waals surface area contributed by atoms with Gasteiger partial charge in [0.2, 0.25) is 0 Å². The van der Waals surface area contributed by atoms with Crippen LogP contribution < -0.4 is 10.1 Å². The molecular weight excluding hydrogens is 390 g/mol. The van der Waals surface area contributed by atoms with Crippen molar-refractivity contribution in [2.45, 2.75) is 26.3 Å². The van der Waals surface area contributed by atoms with Gasteiger partial charge in [0.15, 0.2) is 0 Å². The minimum Gasteiger partial charge on any atom is -0.492 e. The van der Waals surface area contributed by atoms with Gasteiger partial charge < -0.3 is 10.1 Å². The van der Waals surface area contributed by atoms with E-state index < -0.39 is 0 Å². The molecule has 19 heavy (non-hydrogen) atoms. The van der Waals surface area contributed by atoms with Crippen molar-refractivity contribution in [3.05, 3.63) is 26.6 Å². The molecule has 5 heteroatoms. The van der Waals surface area contributed by atoms with Gasteiger partial charge in [-0.15, -0.1) is 0 Å². The topological polar surface area (TPSA) is 21.3 Å². The highest BCUT2D eigenvalue weighted by Crippen LogP contribution is 2.32. The van der Waals surface area contributed by atoms with Gasteiger partial charge >= 0.3 is 0 Å². The molecule has 1 aromatic carbocycles. The standard InChI is InChI=1S/C14H21Br2NOS/c1-3-18-14-11(8-12(15)9-13(14)16)10-17-6-4-5-7-19-2/h8-9,17H,3-7,10H2,1-2H3. The minimum atomic E-state index is 0.682. The van der Waals surface area contributed by atoms with Crippen molar-refractivity contribution in [3.63, 3.8) is 0 Å². The number of rotatable bonds is 9. The second-order valence-electron chi connectivity index (χ2n) is 4.19. The summed E-state index contributed by atoms with van der Waals surface area (Å²) in [5.41, 5.74) is 1.19. The molecule has 0 amide bonds. The molecule has 108 valence electrons. The Morgan fingerprint density at radius 1 is 1.26 bits per heavy atom. The first-order chi connectivity index (χ1) is 9.19. The van der Waals surface area contributed by atoms with E-state index in [2.05, 4.69) is 49.5 Å². The van der Waals surface area contributed by atoms with Crippen molar-refractivity contribution in [3.8, 4) is 5.75 Å². The van der Waals surface area contributed by atoms with Crippen LogP contribution in [0.4, 0.5) is 0 Å². The molecule has 0 aliphatic heterocycles. The van der Waals surface area contributed by atoms with E-state index in [0.717, 1.165) is 27.8 Å². The second-order valence-corrected chi connectivity index (χ2v) is 6.94. The van der Waals surface area contributed by atoms with Gasteiger partial charge in [-0.3, -0.25) is 0 Å². The van der Waals surface area contributed by atoms with E-state index in [1.54, 1.807) is 0 Å². The lowest BCUT2D eigenvalue weighted by Crippen LogP contribution is -2.16. The van der Waals surface area contributed by atoms with Gasteiger partial charge in [-0.05, 0) is 66.4 Å². The highest BCUT2D eigenvalue weighted by molar-refractivity contribution is 9.11. The van der Waals surface area contributed by atoms with Crippen molar-refractivity contribution in [2.75, 3.05) is 25.2 Å². The average molecular weight is 411 g/mol. The highest BCUT2D eigenvalue weighted by atomic mass is 79.9. The van der Waals surface area contributed by atoms with Gasteiger partial charge in [-0.25, -0.2) is 0 Å². The summed E-state index contributed by atoms with van der Waals surface area (Å²) in [6.07, 6.45) is 4.65. The minimum absolute atomic E-state index is 0.682. The molecule has 0 bridgehead atoms. The molecular formula is C14H21Br2NOS. The Morgan fingerprint density at radius 2 is 2.05 bits per heavy atom. The summed E-state index contributed by atoms with van der Waals surface area (Å²) in [5.74, 6) is 2.19. The largest absolute Gasteiger partial charge is 0.492 e. The van der Waals surface area contributed by atoms with Gasteiger partial charge in [0.1, 0.15) is 5.75 Å². The lowest BCUT2D eigenvalue weighted by Gasteiger charge is -2.13. The third-order valence-electron chi connectivity index (χ3n) is 2.64. The fourth-order valence-corrected chi connectivity index (χ4v) is 3.69. The quantitative estimate of drug-likeness (QED) is 0.588. The number of thioether (sulfide) groups is 1. The van der Waals surface area contributed by atoms with Crippen LogP contribution in [0.25, 0.3) is 0 Å². The number of nitrogens with one attached hydrogen (secondary N) is 1. The molecule has 0 aromatic heterocycles. The summed E-state index contributed by atoms with van der Waals surface area (Å²) in [6, 6.07) is 4.14. The molecule has 0 aliphatic rings. The first kappa shape index (κ1) is 17.3. The number of hydrogen-bond acceptors (Lipinski definition) is 3. The predicted molar refractivity (Wildman–Crippen MR) is 92.3 cm³/mol. The van der Waals surface area contributed by atoms with Crippen LogP contribution in [0.15, 0.2) is 21.1 Å². The molecule has 0 saturated heterocycles. The number of halogens is 2. The van der Waals surface area contributed by atoms with Crippen LogP contribution in [0.1, 0.15) is 25.3 Å². The van der Waals surface area contributed by atoms with E-state index in [4.69, 9.17) is 4.74 Å². The van der Waals surface area contributed by atoms with Gasteiger partial charge in [0, 0.05) is 16.6 Å². The molecule has 0 spiro atoms. The highest BCUT2D eigenvalue weighted by Gasteiger charge is 2.09. The SMILES string of the molecule is CCOc1c(Br)cc(Br)cc1CNCCCCSC. The van der Waals surface area contributed by atoms with E-state index >= 15 is 0 Å². The lowest BCUT2D eigenvalue weighted by molar-refractivity contribution is 0.333. The van der Waals surface area contributed by atoms with Crippen LogP contribution >= 0.6 is 43.6 Å². The maximum absolute atomic E-state index is 5.71. The Balaban J connectivity index is 2.51. The predicted octanol–water partition coefficient (Wildman–Crippen LogP) is 4.84. The van der Waals surface area contributed by atoms with E-state index in [1.165, 1.54) is 24.2 Å². The van der Waals surface area contributed by atoms with E-state index in [0.29, 0.717) is 6.61 Å². The van der Waals surface area contributed by atoms with E-state index in [9.17, 15) is 0 Å². The number of benzene rings is 1. The molecule has 1 rings (SSSR count). The molecule has 0 atom stereocenters. The summed E-state index contributed by atoms with van der Waals surface area (Å²) in [4.78, 5) is 0. The zero-order valence-corrected chi connectivity index (χ0v) is 15.5. The maximum atomic E-state index is 5.71. The van der Waals surface area contributed by atoms with Crippen molar-refractivity contribution >= 4 is 43.6 Å². The number of ether oxygens (including phenoxy) is 1. The van der Waals surface area contributed by atoms with Gasteiger partial charge in [0.25, 0.3) is 0 Å². The third-order valence-corrected chi connectivity index (χ3v) is 4.39. The molecule has 0 heterocycles. The van der Waals surface area contributed by atoms with Crippen molar-refractivity contribution < 1.29 is 4.74 Å². The van der Waals surface area contributed by atoms with Crippen molar-refractivity contribution in [1.29, 1.82) is 0 Å². The Labute approximate surface area is 137 Å². The van der Waals surface area contributed by atoms with Crippen LogP contribution in [-0.4, -0.2) is 25.2 Å². The Bertz CT molecular complexity index is 388. The fraction of sp³-hybridized carbons (Fsp3) is 0.571. The van der Waals surface area contributed by atoms with Gasteiger partial charge in [0.05, 0.1) is 11.1 Å². The van der Waals surface area contributed by atoms with Crippen LogP contribution in [0.2, 0.25) is 0 Å². The summed E-state index contributed by atoms with van der Waals surface area (Å²) in [5, 5.41) is 3.48. The molecule has 0 saturated carbocycles. The van der Waals surface area contributed by atoms with Gasteiger partial charge in [-0.2, -0.15) is 11.8 Å². The monoisotopic (exact) mass is 409 g/mol. The molecule has 2 nitrogen and oxygen atoms in total. The summed E-state index contributed by atoms with van der Waals surface area (Å²) in [6.45, 7) is 4.58. The average Bonchev–Trinajstić information content (AvgIpc) is 2.37. The molecule has 0 fully saturated rings. The molecule has 0 unspecified atom stereocenters.